The second kappa shape index (κ2) is 11.5. The number of rotatable bonds is 8. The van der Waals surface area contributed by atoms with Gasteiger partial charge in [0.2, 0.25) is 0 Å². The quantitative estimate of drug-likeness (QED) is 0.149. The average Bonchev–Trinajstić information content (AvgIpc) is 2.96. The van der Waals surface area contributed by atoms with Gasteiger partial charge in [0.25, 0.3) is 0 Å². The zero-order valence-corrected chi connectivity index (χ0v) is 22.9. The van der Waals surface area contributed by atoms with E-state index in [1.165, 1.54) is 27.8 Å². The van der Waals surface area contributed by atoms with Gasteiger partial charge in [-0.05, 0) is 69.6 Å². The first-order valence-corrected chi connectivity index (χ1v) is 13.9. The van der Waals surface area contributed by atoms with Crippen LogP contribution in [0.2, 0.25) is 0 Å². The zero-order chi connectivity index (χ0) is 25.7. The molecule has 184 valence electrons. The highest BCUT2D eigenvalue weighted by Gasteiger charge is 2.36. The lowest BCUT2D eigenvalue weighted by molar-refractivity contribution is 0.527. The normalized spacial score (nSPS) is 11.4. The van der Waals surface area contributed by atoms with Crippen LogP contribution in [0.1, 0.15) is 42.9 Å². The molecule has 0 aliphatic rings. The van der Waals surface area contributed by atoms with E-state index >= 15 is 0 Å². The highest BCUT2D eigenvalue weighted by molar-refractivity contribution is 7.80. The van der Waals surface area contributed by atoms with Crippen LogP contribution in [0.5, 0.6) is 0 Å². The molecule has 0 fully saturated rings. The van der Waals surface area contributed by atoms with E-state index < -0.39 is 0 Å². The van der Waals surface area contributed by atoms with E-state index in [1.54, 1.807) is 0 Å². The van der Waals surface area contributed by atoms with Crippen LogP contribution in [0.4, 0.5) is 0 Å². The first kappa shape index (κ1) is 25.4. The smallest absolute Gasteiger partial charge is 0.0451 e. The molecular formula is C35H32S2. The molecule has 0 aliphatic heterocycles. The van der Waals surface area contributed by atoms with Crippen LogP contribution in [0.3, 0.4) is 0 Å². The first-order valence-electron chi connectivity index (χ1n) is 13.0. The summed E-state index contributed by atoms with van der Waals surface area (Å²) in [6.45, 7) is 2.27. The molecule has 0 heterocycles. The second-order valence-corrected chi connectivity index (χ2v) is 10.5. The maximum atomic E-state index is 4.87. The van der Waals surface area contributed by atoms with E-state index in [-0.39, 0.29) is 5.41 Å². The maximum absolute atomic E-state index is 4.87. The van der Waals surface area contributed by atoms with Crippen molar-refractivity contribution < 1.29 is 0 Å². The maximum Gasteiger partial charge on any atom is 0.0451 e. The molecule has 0 bridgehead atoms. The van der Waals surface area contributed by atoms with Gasteiger partial charge in [0.1, 0.15) is 0 Å². The Balaban J connectivity index is 1.80. The monoisotopic (exact) mass is 516 g/mol. The minimum Gasteiger partial charge on any atom is -0.143 e. The molecule has 0 unspecified atom stereocenters. The molecule has 0 saturated carbocycles. The summed E-state index contributed by atoms with van der Waals surface area (Å²) < 4.78 is 0. The molecule has 0 radical (unpaired) electrons. The molecule has 37 heavy (non-hydrogen) atoms. The third-order valence-electron chi connectivity index (χ3n) is 7.32. The van der Waals surface area contributed by atoms with Crippen molar-refractivity contribution in [2.24, 2.45) is 0 Å². The van der Waals surface area contributed by atoms with Gasteiger partial charge in [0.05, 0.1) is 0 Å². The molecule has 2 heteroatoms. The van der Waals surface area contributed by atoms with Crippen LogP contribution >= 0.6 is 25.3 Å². The summed E-state index contributed by atoms with van der Waals surface area (Å²) in [6, 6.07) is 45.7. The molecule has 0 spiro atoms. The van der Waals surface area contributed by atoms with Crippen LogP contribution in [0, 0.1) is 0 Å². The largest absolute Gasteiger partial charge is 0.143 e. The third-order valence-corrected chi connectivity index (χ3v) is 8.10. The predicted octanol–water partition coefficient (Wildman–Crippen LogP) is 10.1. The van der Waals surface area contributed by atoms with Crippen LogP contribution in [-0.4, -0.2) is 0 Å². The number of hydrogen-bond acceptors (Lipinski definition) is 2. The highest BCUT2D eigenvalue weighted by Crippen LogP contribution is 2.46. The SMILES string of the molecule is CCCCC(c1ccccc1)(c1ccc(S)c(-c2ccccc2)c1)c1ccc(S)c(-c2ccccc2)c1. The summed E-state index contributed by atoms with van der Waals surface area (Å²) >= 11 is 9.73. The van der Waals surface area contributed by atoms with E-state index in [4.69, 9.17) is 25.3 Å². The molecule has 5 rings (SSSR count). The van der Waals surface area contributed by atoms with Gasteiger partial charge in [-0.1, -0.05) is 123 Å². The van der Waals surface area contributed by atoms with Crippen molar-refractivity contribution in [2.75, 3.05) is 0 Å². The number of hydrogen-bond donors (Lipinski definition) is 2. The van der Waals surface area contributed by atoms with Crippen molar-refractivity contribution in [1.82, 2.24) is 0 Å². The Morgan fingerprint density at radius 3 is 1.38 bits per heavy atom. The van der Waals surface area contributed by atoms with Crippen molar-refractivity contribution in [3.63, 3.8) is 0 Å². The van der Waals surface area contributed by atoms with E-state index in [0.717, 1.165) is 40.2 Å². The summed E-state index contributed by atoms with van der Waals surface area (Å²) in [4.78, 5) is 1.98. The Labute approximate surface area is 232 Å². The Kier molecular flexibility index (Phi) is 7.88. The second-order valence-electron chi connectivity index (χ2n) is 9.57. The van der Waals surface area contributed by atoms with Crippen LogP contribution < -0.4 is 0 Å². The standard InChI is InChI=1S/C35H32S2/c1-2-3-23-35(28-17-11-6-12-18-28,29-19-21-33(36)31(24-29)26-13-7-4-8-14-26)30-20-22-34(37)32(25-30)27-15-9-5-10-16-27/h4-22,24-25,36-37H,2-3,23H2,1H3. The van der Waals surface area contributed by atoms with Crippen LogP contribution in [0.25, 0.3) is 22.3 Å². The molecule has 0 nitrogen and oxygen atoms in total. The summed E-state index contributed by atoms with van der Waals surface area (Å²) in [5.41, 5.74) is 8.25. The molecule has 0 saturated heterocycles. The predicted molar refractivity (Wildman–Crippen MR) is 164 cm³/mol. The van der Waals surface area contributed by atoms with E-state index in [9.17, 15) is 0 Å². The molecule has 0 aliphatic carbocycles. The van der Waals surface area contributed by atoms with E-state index in [2.05, 4.69) is 134 Å². The Morgan fingerprint density at radius 2 is 0.946 bits per heavy atom. The molecule has 0 atom stereocenters. The summed E-state index contributed by atoms with van der Waals surface area (Å²) in [7, 11) is 0. The van der Waals surface area contributed by atoms with Gasteiger partial charge in [-0.25, -0.2) is 0 Å². The molecule has 5 aromatic rings. The topological polar surface area (TPSA) is 0 Å². The van der Waals surface area contributed by atoms with Crippen molar-refractivity contribution in [1.29, 1.82) is 0 Å². The summed E-state index contributed by atoms with van der Waals surface area (Å²) in [5.74, 6) is 0. The molecule has 0 aromatic heterocycles. The minimum atomic E-state index is -0.312. The number of thiol groups is 2. The Hall–Kier alpha value is -3.20. The minimum absolute atomic E-state index is 0.312. The van der Waals surface area contributed by atoms with Gasteiger partial charge in [0, 0.05) is 15.2 Å². The molecule has 0 N–H and O–H groups in total. The van der Waals surface area contributed by atoms with Gasteiger partial charge in [-0.2, -0.15) is 0 Å². The van der Waals surface area contributed by atoms with Gasteiger partial charge in [-0.15, -0.1) is 25.3 Å². The Bertz CT molecular complexity index is 1370. The van der Waals surface area contributed by atoms with Crippen molar-refractivity contribution in [2.45, 2.75) is 41.4 Å². The summed E-state index contributed by atoms with van der Waals surface area (Å²) in [5, 5.41) is 0. The first-order chi connectivity index (χ1) is 18.1. The third kappa shape index (κ3) is 5.14. The van der Waals surface area contributed by atoms with Gasteiger partial charge in [0.15, 0.2) is 0 Å². The Morgan fingerprint density at radius 1 is 0.514 bits per heavy atom. The van der Waals surface area contributed by atoms with E-state index in [0.29, 0.717) is 0 Å². The lowest BCUT2D eigenvalue weighted by atomic mass is 9.66. The van der Waals surface area contributed by atoms with Crippen molar-refractivity contribution >= 4 is 25.3 Å². The molecule has 0 amide bonds. The van der Waals surface area contributed by atoms with Gasteiger partial charge < -0.3 is 0 Å². The van der Waals surface area contributed by atoms with Crippen molar-refractivity contribution in [3.05, 3.63) is 144 Å². The average molecular weight is 517 g/mol. The zero-order valence-electron chi connectivity index (χ0n) is 21.1. The fourth-order valence-electron chi connectivity index (χ4n) is 5.40. The van der Waals surface area contributed by atoms with Crippen LogP contribution in [0.15, 0.2) is 137 Å². The summed E-state index contributed by atoms with van der Waals surface area (Å²) in [6.07, 6.45) is 3.25. The molecular weight excluding hydrogens is 485 g/mol. The van der Waals surface area contributed by atoms with Crippen LogP contribution in [-0.2, 0) is 5.41 Å². The van der Waals surface area contributed by atoms with E-state index in [1.807, 2.05) is 0 Å². The fourth-order valence-corrected chi connectivity index (χ4v) is 5.93. The fraction of sp³-hybridized carbons (Fsp3) is 0.143. The van der Waals surface area contributed by atoms with Crippen molar-refractivity contribution in [3.8, 4) is 22.3 Å². The lowest BCUT2D eigenvalue weighted by Gasteiger charge is -2.37. The van der Waals surface area contributed by atoms with Gasteiger partial charge >= 0.3 is 0 Å². The number of unbranched alkanes of at least 4 members (excludes halogenated alkanes) is 1. The molecule has 5 aromatic carbocycles. The lowest BCUT2D eigenvalue weighted by Crippen LogP contribution is -2.29. The highest BCUT2D eigenvalue weighted by atomic mass is 32.1. The van der Waals surface area contributed by atoms with Gasteiger partial charge in [-0.3, -0.25) is 0 Å². The number of benzene rings is 5.